The van der Waals surface area contributed by atoms with E-state index in [-0.39, 0.29) is 30.2 Å². The number of aliphatic hydroxyl groups is 1. The molecule has 0 bridgehead atoms. The summed E-state index contributed by atoms with van der Waals surface area (Å²) in [6.07, 6.45) is 1.33. The number of hydrogen-bond donors (Lipinski definition) is 1. The van der Waals surface area contributed by atoms with Crippen LogP contribution in [-0.2, 0) is 0 Å². The van der Waals surface area contributed by atoms with E-state index < -0.39 is 29.7 Å². The number of aromatic nitrogens is 1. The van der Waals surface area contributed by atoms with Crippen molar-refractivity contribution in [3.05, 3.63) is 52.7 Å². The SMILES string of the molecule is Cc1nc(C2CC2)oc1C(=O)N1C[C@@H](O)C[C@@H]1c1cc(F)ccc1F. The third-order valence-corrected chi connectivity index (χ3v) is 4.79. The van der Waals surface area contributed by atoms with Crippen molar-refractivity contribution in [3.8, 4) is 0 Å². The lowest BCUT2D eigenvalue weighted by Crippen LogP contribution is -2.32. The number of β-amino-alcohol motifs (C(OH)–C–C–N with tert-alkyl or cyclic N) is 1. The molecule has 1 saturated carbocycles. The second kappa shape index (κ2) is 5.91. The van der Waals surface area contributed by atoms with Gasteiger partial charge in [-0.3, -0.25) is 4.79 Å². The van der Waals surface area contributed by atoms with Crippen molar-refractivity contribution in [2.24, 2.45) is 0 Å². The van der Waals surface area contributed by atoms with E-state index in [4.69, 9.17) is 4.42 Å². The average Bonchev–Trinajstić information content (AvgIpc) is 3.25. The van der Waals surface area contributed by atoms with E-state index in [1.54, 1.807) is 6.92 Å². The van der Waals surface area contributed by atoms with Gasteiger partial charge < -0.3 is 14.4 Å². The van der Waals surface area contributed by atoms with Gasteiger partial charge in [-0.05, 0) is 44.4 Å². The first-order valence-electron chi connectivity index (χ1n) is 8.35. The molecule has 1 amide bonds. The van der Waals surface area contributed by atoms with Crippen LogP contribution in [0, 0.1) is 18.6 Å². The van der Waals surface area contributed by atoms with Gasteiger partial charge in [0.15, 0.2) is 5.89 Å². The second-order valence-corrected chi connectivity index (χ2v) is 6.77. The van der Waals surface area contributed by atoms with Crippen LogP contribution in [0.4, 0.5) is 8.78 Å². The molecule has 2 fully saturated rings. The quantitative estimate of drug-likeness (QED) is 0.926. The van der Waals surface area contributed by atoms with E-state index >= 15 is 0 Å². The van der Waals surface area contributed by atoms with Crippen LogP contribution in [0.15, 0.2) is 22.6 Å². The first-order valence-corrected chi connectivity index (χ1v) is 8.35. The van der Waals surface area contributed by atoms with Crippen molar-refractivity contribution < 1.29 is 23.1 Å². The van der Waals surface area contributed by atoms with Gasteiger partial charge in [0.2, 0.25) is 5.76 Å². The lowest BCUT2D eigenvalue weighted by Gasteiger charge is -2.24. The average molecular weight is 348 g/mol. The topological polar surface area (TPSA) is 66.6 Å². The van der Waals surface area contributed by atoms with Crippen LogP contribution in [0.3, 0.4) is 0 Å². The highest BCUT2D eigenvalue weighted by Crippen LogP contribution is 2.41. The molecule has 7 heteroatoms. The largest absolute Gasteiger partial charge is 0.435 e. The zero-order valence-corrected chi connectivity index (χ0v) is 13.7. The third-order valence-electron chi connectivity index (χ3n) is 4.79. The normalized spacial score (nSPS) is 23.3. The van der Waals surface area contributed by atoms with E-state index in [0.29, 0.717) is 11.6 Å². The predicted octanol–water partition coefficient (Wildman–Crippen LogP) is 3.09. The van der Waals surface area contributed by atoms with Gasteiger partial charge in [-0.2, -0.15) is 0 Å². The number of benzene rings is 1. The number of rotatable bonds is 3. The summed E-state index contributed by atoms with van der Waals surface area (Å²) in [6.45, 7) is 1.73. The van der Waals surface area contributed by atoms with Crippen molar-refractivity contribution in [1.82, 2.24) is 9.88 Å². The summed E-state index contributed by atoms with van der Waals surface area (Å²) in [5, 5.41) is 10.0. The maximum atomic E-state index is 14.2. The number of halogens is 2. The van der Waals surface area contributed by atoms with Crippen LogP contribution < -0.4 is 0 Å². The summed E-state index contributed by atoms with van der Waals surface area (Å²) in [5.41, 5.74) is 0.538. The molecule has 0 radical (unpaired) electrons. The van der Waals surface area contributed by atoms with Crippen LogP contribution in [0.1, 0.15) is 58.9 Å². The molecule has 132 valence electrons. The Labute approximate surface area is 143 Å². The molecule has 4 rings (SSSR count). The third kappa shape index (κ3) is 2.93. The molecule has 2 atom stereocenters. The van der Waals surface area contributed by atoms with Crippen molar-refractivity contribution >= 4 is 5.91 Å². The van der Waals surface area contributed by atoms with Crippen molar-refractivity contribution in [3.63, 3.8) is 0 Å². The molecule has 1 aromatic carbocycles. The summed E-state index contributed by atoms with van der Waals surface area (Å²) in [5.74, 6) is -0.724. The fourth-order valence-corrected chi connectivity index (χ4v) is 3.35. The molecule has 2 heterocycles. The number of aryl methyl sites for hydroxylation is 1. The summed E-state index contributed by atoms with van der Waals surface area (Å²) in [6, 6.07) is 2.38. The Morgan fingerprint density at radius 2 is 2.12 bits per heavy atom. The monoisotopic (exact) mass is 348 g/mol. The molecule has 1 saturated heterocycles. The Morgan fingerprint density at radius 3 is 2.84 bits per heavy atom. The molecule has 0 unspecified atom stereocenters. The summed E-state index contributed by atoms with van der Waals surface area (Å²) < 4.78 is 33.3. The number of carbonyl (C=O) groups excluding carboxylic acids is 1. The van der Waals surface area contributed by atoms with Gasteiger partial charge in [0.1, 0.15) is 11.6 Å². The number of aliphatic hydroxyl groups excluding tert-OH is 1. The van der Waals surface area contributed by atoms with Gasteiger partial charge >= 0.3 is 0 Å². The van der Waals surface area contributed by atoms with Crippen molar-refractivity contribution in [1.29, 1.82) is 0 Å². The maximum Gasteiger partial charge on any atom is 0.292 e. The maximum absolute atomic E-state index is 14.2. The first kappa shape index (κ1) is 16.2. The number of carbonyl (C=O) groups is 1. The standard InChI is InChI=1S/C18H18F2N2O3/c1-9-16(25-17(21-9)10-2-3-10)18(24)22-8-12(23)7-15(22)13-6-11(19)4-5-14(13)20/h4-6,10,12,15,23H,2-3,7-8H2,1H3/t12-,15+/m0/s1. The minimum absolute atomic E-state index is 0.0400. The molecule has 0 spiro atoms. The van der Waals surface area contributed by atoms with Crippen LogP contribution in [0.5, 0.6) is 0 Å². The summed E-state index contributed by atoms with van der Waals surface area (Å²) >= 11 is 0. The summed E-state index contributed by atoms with van der Waals surface area (Å²) in [4.78, 5) is 18.6. The van der Waals surface area contributed by atoms with Crippen LogP contribution >= 0.6 is 0 Å². The highest BCUT2D eigenvalue weighted by Gasteiger charge is 2.40. The summed E-state index contributed by atoms with van der Waals surface area (Å²) in [7, 11) is 0. The number of amides is 1. The molecule has 2 aromatic rings. The zero-order valence-electron chi connectivity index (χ0n) is 13.7. The van der Waals surface area contributed by atoms with Crippen molar-refractivity contribution in [2.45, 2.75) is 44.2 Å². The minimum atomic E-state index is -0.803. The molecule has 1 N–H and O–H groups in total. The zero-order chi connectivity index (χ0) is 17.7. The lowest BCUT2D eigenvalue weighted by atomic mass is 10.0. The number of likely N-dealkylation sites (tertiary alicyclic amines) is 1. The van der Waals surface area contributed by atoms with E-state index in [1.807, 2.05) is 0 Å². The van der Waals surface area contributed by atoms with E-state index in [9.17, 15) is 18.7 Å². The molecule has 5 nitrogen and oxygen atoms in total. The Morgan fingerprint density at radius 1 is 1.36 bits per heavy atom. The Balaban J connectivity index is 1.67. The van der Waals surface area contributed by atoms with Gasteiger partial charge in [-0.1, -0.05) is 0 Å². The number of nitrogens with zero attached hydrogens (tertiary/aromatic N) is 2. The Bertz CT molecular complexity index is 832. The Hall–Kier alpha value is -2.28. The first-order chi connectivity index (χ1) is 11.9. The minimum Gasteiger partial charge on any atom is -0.435 e. The molecular weight excluding hydrogens is 330 g/mol. The van der Waals surface area contributed by atoms with Crippen molar-refractivity contribution in [2.75, 3.05) is 6.54 Å². The number of oxazole rings is 1. The highest BCUT2D eigenvalue weighted by molar-refractivity contribution is 5.93. The van der Waals surface area contributed by atoms with Gasteiger partial charge in [0.25, 0.3) is 5.91 Å². The Kier molecular flexibility index (Phi) is 3.83. The molecule has 1 aromatic heterocycles. The fourth-order valence-electron chi connectivity index (χ4n) is 3.35. The molecule has 1 aliphatic heterocycles. The van der Waals surface area contributed by atoms with E-state index in [2.05, 4.69) is 4.98 Å². The van der Waals surface area contributed by atoms with E-state index in [0.717, 1.165) is 31.0 Å². The van der Waals surface area contributed by atoms with Crippen LogP contribution in [-0.4, -0.2) is 33.5 Å². The van der Waals surface area contributed by atoms with Crippen LogP contribution in [0.25, 0.3) is 0 Å². The lowest BCUT2D eigenvalue weighted by molar-refractivity contribution is 0.0678. The molecule has 2 aliphatic rings. The van der Waals surface area contributed by atoms with E-state index in [1.165, 1.54) is 4.90 Å². The fraction of sp³-hybridized carbons (Fsp3) is 0.444. The van der Waals surface area contributed by atoms with Gasteiger partial charge in [-0.15, -0.1) is 0 Å². The second-order valence-electron chi connectivity index (χ2n) is 6.77. The van der Waals surface area contributed by atoms with Gasteiger partial charge in [0.05, 0.1) is 17.8 Å². The predicted molar refractivity (Wildman–Crippen MR) is 84.0 cm³/mol. The van der Waals surface area contributed by atoms with Crippen LogP contribution in [0.2, 0.25) is 0 Å². The molecule has 25 heavy (non-hydrogen) atoms. The number of hydrogen-bond acceptors (Lipinski definition) is 4. The van der Waals surface area contributed by atoms with Gasteiger partial charge in [-0.25, -0.2) is 13.8 Å². The van der Waals surface area contributed by atoms with Gasteiger partial charge in [0, 0.05) is 18.0 Å². The highest BCUT2D eigenvalue weighted by atomic mass is 19.1. The molecule has 1 aliphatic carbocycles. The molecular formula is C18H18F2N2O3. The smallest absolute Gasteiger partial charge is 0.292 e.